The summed E-state index contributed by atoms with van der Waals surface area (Å²) in [4.78, 5) is 29.7. The third kappa shape index (κ3) is 4.92. The van der Waals surface area contributed by atoms with E-state index in [1.54, 1.807) is 10.3 Å². The third-order valence-electron chi connectivity index (χ3n) is 2.79. The monoisotopic (exact) mass is 297 g/mol. The lowest BCUT2D eigenvalue weighted by atomic mass is 10.3. The van der Waals surface area contributed by atoms with Gasteiger partial charge in [0.25, 0.3) is 5.91 Å². The largest absolute Gasteiger partial charge is 0.351 e. The lowest BCUT2D eigenvalue weighted by molar-refractivity contribution is -0.131. The molecule has 2 amide bonds. The van der Waals surface area contributed by atoms with Gasteiger partial charge in [0.2, 0.25) is 5.91 Å². The Kier molecular flexibility index (Phi) is 7.22. The molecule has 0 radical (unpaired) electrons. The van der Waals surface area contributed by atoms with Crippen molar-refractivity contribution in [1.82, 2.24) is 15.2 Å². The van der Waals surface area contributed by atoms with Crippen LogP contribution in [-0.2, 0) is 11.3 Å². The molecular weight excluding hydrogens is 274 g/mol. The first-order chi connectivity index (χ1) is 9.62. The summed E-state index contributed by atoms with van der Waals surface area (Å²) < 4.78 is 0. The highest BCUT2D eigenvalue weighted by atomic mass is 32.1. The van der Waals surface area contributed by atoms with E-state index in [1.165, 1.54) is 11.3 Å². The fourth-order valence-corrected chi connectivity index (χ4v) is 2.55. The van der Waals surface area contributed by atoms with Crippen LogP contribution in [0.4, 0.5) is 0 Å². The van der Waals surface area contributed by atoms with E-state index in [0.717, 1.165) is 24.4 Å². The number of nitrogens with zero attached hydrogens (tertiary/aromatic N) is 2. The van der Waals surface area contributed by atoms with Crippen LogP contribution in [0.5, 0.6) is 0 Å². The van der Waals surface area contributed by atoms with Gasteiger partial charge in [0.05, 0.1) is 6.54 Å². The Morgan fingerprint density at radius 3 is 2.65 bits per heavy atom. The van der Waals surface area contributed by atoms with Crippen molar-refractivity contribution in [2.75, 3.05) is 13.1 Å². The molecule has 1 aromatic rings. The molecule has 1 aromatic heterocycles. The van der Waals surface area contributed by atoms with Crippen LogP contribution in [0, 0.1) is 0 Å². The Labute approximate surface area is 124 Å². The van der Waals surface area contributed by atoms with Gasteiger partial charge in [-0.2, -0.15) is 0 Å². The van der Waals surface area contributed by atoms with Crippen LogP contribution in [-0.4, -0.2) is 34.8 Å². The molecule has 0 saturated carbocycles. The molecule has 0 spiro atoms. The maximum absolute atomic E-state index is 11.8. The minimum Gasteiger partial charge on any atom is -0.351 e. The molecule has 0 aliphatic rings. The molecule has 0 saturated heterocycles. The number of nitrogens with one attached hydrogen (secondary N) is 1. The van der Waals surface area contributed by atoms with Gasteiger partial charge in [-0.3, -0.25) is 9.59 Å². The predicted octanol–water partition coefficient (Wildman–Crippen LogP) is 2.43. The Hall–Kier alpha value is -1.43. The quantitative estimate of drug-likeness (QED) is 0.801. The average Bonchev–Trinajstić information content (AvgIpc) is 2.92. The highest BCUT2D eigenvalue weighted by Gasteiger charge is 2.15. The summed E-state index contributed by atoms with van der Waals surface area (Å²) >= 11 is 1.43. The fraction of sp³-hybridized carbons (Fsp3) is 0.643. The van der Waals surface area contributed by atoms with Gasteiger partial charge in [0, 0.05) is 24.9 Å². The van der Waals surface area contributed by atoms with Crippen molar-refractivity contribution in [3.63, 3.8) is 0 Å². The number of aromatic nitrogens is 1. The normalized spacial score (nSPS) is 10.3. The van der Waals surface area contributed by atoms with Gasteiger partial charge in [-0.1, -0.05) is 20.8 Å². The first kappa shape index (κ1) is 16.6. The van der Waals surface area contributed by atoms with Crippen molar-refractivity contribution in [2.24, 2.45) is 0 Å². The molecule has 0 aromatic carbocycles. The van der Waals surface area contributed by atoms with Crippen LogP contribution in [0.15, 0.2) is 5.38 Å². The summed E-state index contributed by atoms with van der Waals surface area (Å²) in [5.41, 5.74) is 0.443. The lowest BCUT2D eigenvalue weighted by Gasteiger charge is -2.20. The molecule has 6 heteroatoms. The zero-order chi connectivity index (χ0) is 15.0. The van der Waals surface area contributed by atoms with Gasteiger partial charge in [-0.15, -0.1) is 11.3 Å². The molecule has 0 unspecified atom stereocenters. The smallest absolute Gasteiger partial charge is 0.270 e. The van der Waals surface area contributed by atoms with Crippen molar-refractivity contribution in [1.29, 1.82) is 0 Å². The summed E-state index contributed by atoms with van der Waals surface area (Å²) in [6.45, 7) is 7.78. The maximum Gasteiger partial charge on any atom is 0.270 e. The van der Waals surface area contributed by atoms with Crippen LogP contribution in [0.25, 0.3) is 0 Å². The standard InChI is InChI=1S/C14H23N3O2S/c1-4-7-15-14(19)11-10-20-12(16-11)9-17(8-5-2)13(18)6-3/h10H,4-9H2,1-3H3,(H,15,19). The molecule has 20 heavy (non-hydrogen) atoms. The first-order valence-electron chi connectivity index (χ1n) is 7.12. The lowest BCUT2D eigenvalue weighted by Crippen LogP contribution is -2.30. The number of hydrogen-bond acceptors (Lipinski definition) is 4. The molecule has 0 aliphatic heterocycles. The van der Waals surface area contributed by atoms with E-state index in [9.17, 15) is 9.59 Å². The minimum atomic E-state index is -0.141. The zero-order valence-corrected chi connectivity index (χ0v) is 13.3. The molecule has 5 nitrogen and oxygen atoms in total. The van der Waals surface area contributed by atoms with Crippen molar-refractivity contribution in [3.05, 3.63) is 16.1 Å². The van der Waals surface area contributed by atoms with Crippen molar-refractivity contribution in [3.8, 4) is 0 Å². The van der Waals surface area contributed by atoms with Gasteiger partial charge in [0.15, 0.2) is 0 Å². The maximum atomic E-state index is 11.8. The molecule has 0 fully saturated rings. The molecule has 0 atom stereocenters. The number of carbonyl (C=O) groups excluding carboxylic acids is 2. The van der Waals surface area contributed by atoms with Crippen LogP contribution >= 0.6 is 11.3 Å². The Morgan fingerprint density at radius 2 is 2.05 bits per heavy atom. The van der Waals surface area contributed by atoms with E-state index < -0.39 is 0 Å². The number of rotatable bonds is 8. The summed E-state index contributed by atoms with van der Waals surface area (Å²) in [6, 6.07) is 0. The highest BCUT2D eigenvalue weighted by Crippen LogP contribution is 2.13. The molecule has 0 aliphatic carbocycles. The number of hydrogen-bond donors (Lipinski definition) is 1. The van der Waals surface area contributed by atoms with Gasteiger partial charge in [-0.05, 0) is 12.8 Å². The van der Waals surface area contributed by atoms with Crippen LogP contribution in [0.3, 0.4) is 0 Å². The Morgan fingerprint density at radius 1 is 1.30 bits per heavy atom. The number of amides is 2. The second kappa shape index (κ2) is 8.68. The molecule has 0 bridgehead atoms. The van der Waals surface area contributed by atoms with E-state index in [0.29, 0.717) is 25.2 Å². The van der Waals surface area contributed by atoms with Gasteiger partial charge < -0.3 is 10.2 Å². The van der Waals surface area contributed by atoms with E-state index in [1.807, 2.05) is 20.8 Å². The number of thiazole rings is 1. The Balaban J connectivity index is 2.65. The topological polar surface area (TPSA) is 62.3 Å². The van der Waals surface area contributed by atoms with Crippen molar-refractivity contribution < 1.29 is 9.59 Å². The van der Waals surface area contributed by atoms with Crippen LogP contribution in [0.1, 0.15) is 55.5 Å². The second-order valence-corrected chi connectivity index (χ2v) is 5.49. The molecule has 112 valence electrons. The second-order valence-electron chi connectivity index (χ2n) is 4.55. The zero-order valence-electron chi connectivity index (χ0n) is 12.4. The van der Waals surface area contributed by atoms with Gasteiger partial charge >= 0.3 is 0 Å². The highest BCUT2D eigenvalue weighted by molar-refractivity contribution is 7.09. The van der Waals surface area contributed by atoms with E-state index in [2.05, 4.69) is 10.3 Å². The van der Waals surface area contributed by atoms with Gasteiger partial charge in [-0.25, -0.2) is 4.98 Å². The summed E-state index contributed by atoms with van der Waals surface area (Å²) in [7, 11) is 0. The summed E-state index contributed by atoms with van der Waals surface area (Å²) in [5.74, 6) is -0.0164. The van der Waals surface area contributed by atoms with Crippen molar-refractivity contribution >= 4 is 23.2 Å². The summed E-state index contributed by atoms with van der Waals surface area (Å²) in [6.07, 6.45) is 2.31. The third-order valence-corrected chi connectivity index (χ3v) is 3.63. The summed E-state index contributed by atoms with van der Waals surface area (Å²) in [5, 5.41) is 5.36. The van der Waals surface area contributed by atoms with Crippen LogP contribution in [0.2, 0.25) is 0 Å². The van der Waals surface area contributed by atoms with E-state index >= 15 is 0 Å². The molecule has 1 N–H and O–H groups in total. The van der Waals surface area contributed by atoms with Crippen molar-refractivity contribution in [2.45, 2.75) is 46.6 Å². The predicted molar refractivity (Wildman–Crippen MR) is 80.7 cm³/mol. The molecular formula is C14H23N3O2S. The van der Waals surface area contributed by atoms with E-state index in [-0.39, 0.29) is 11.8 Å². The average molecular weight is 297 g/mol. The van der Waals surface area contributed by atoms with Gasteiger partial charge in [0.1, 0.15) is 10.7 Å². The number of carbonyl (C=O) groups is 2. The Bertz CT molecular complexity index is 445. The van der Waals surface area contributed by atoms with Crippen LogP contribution < -0.4 is 5.32 Å². The molecule has 1 rings (SSSR count). The SMILES string of the molecule is CCCNC(=O)c1csc(CN(CCC)C(=O)CC)n1. The van der Waals surface area contributed by atoms with E-state index in [4.69, 9.17) is 0 Å². The minimum absolute atomic E-state index is 0.124. The fourth-order valence-electron chi connectivity index (χ4n) is 1.77. The molecule has 1 heterocycles. The first-order valence-corrected chi connectivity index (χ1v) is 8.00.